The van der Waals surface area contributed by atoms with Crippen LogP contribution in [0.3, 0.4) is 0 Å². The van der Waals surface area contributed by atoms with Crippen LogP contribution in [0.5, 0.6) is 0 Å². The topological polar surface area (TPSA) is 49.9 Å². The number of imide groups is 1. The summed E-state index contributed by atoms with van der Waals surface area (Å²) in [5, 5.41) is 0. The van der Waals surface area contributed by atoms with Crippen molar-refractivity contribution in [2.45, 2.75) is 39.2 Å². The lowest BCUT2D eigenvalue weighted by molar-refractivity contribution is -0.138. The maximum atomic E-state index is 13.6. The second-order valence-electron chi connectivity index (χ2n) is 8.41. The summed E-state index contributed by atoms with van der Waals surface area (Å²) >= 11 is 0. The van der Waals surface area contributed by atoms with Gasteiger partial charge in [0.2, 0.25) is 0 Å². The van der Waals surface area contributed by atoms with Crippen LogP contribution in [-0.2, 0) is 20.7 Å². The van der Waals surface area contributed by atoms with Crippen molar-refractivity contribution in [3.8, 4) is 0 Å². The van der Waals surface area contributed by atoms with Crippen molar-refractivity contribution in [2.24, 2.45) is 0 Å². The van der Waals surface area contributed by atoms with Crippen molar-refractivity contribution in [1.29, 1.82) is 0 Å². The second-order valence-corrected chi connectivity index (χ2v) is 8.41. The molecule has 0 aromatic heterocycles. The van der Waals surface area contributed by atoms with Crippen LogP contribution in [0.2, 0.25) is 0 Å². The molecule has 3 heterocycles. The second kappa shape index (κ2) is 7.40. The highest BCUT2D eigenvalue weighted by Gasteiger charge is 2.44. The van der Waals surface area contributed by atoms with E-state index in [-0.39, 0.29) is 17.9 Å². The first-order valence-electron chi connectivity index (χ1n) is 10.7. The number of ether oxygens (including phenoxy) is 1. The van der Waals surface area contributed by atoms with E-state index in [0.29, 0.717) is 31.0 Å². The van der Waals surface area contributed by atoms with Gasteiger partial charge in [0, 0.05) is 18.8 Å². The van der Waals surface area contributed by atoms with E-state index in [4.69, 9.17) is 4.74 Å². The molecule has 3 aliphatic heterocycles. The maximum Gasteiger partial charge on any atom is 0.278 e. The first-order valence-corrected chi connectivity index (χ1v) is 10.7. The minimum atomic E-state index is -0.210. The summed E-state index contributed by atoms with van der Waals surface area (Å²) in [5.41, 5.74) is 6.34. The third-order valence-electron chi connectivity index (χ3n) is 6.51. The lowest BCUT2D eigenvalue weighted by Gasteiger charge is -2.23. The standard InChI is InChI=1S/C25H26N2O3/c1-16-9-10-19(14-17(16)2)22-23(26-12-11-18-6-3-4-8-21(18)26)25(29)27(24(22)28)15-20-7-5-13-30-20/h3-4,6,8-10,14,20H,5,7,11-13,15H2,1-2H3. The van der Waals surface area contributed by atoms with E-state index in [9.17, 15) is 9.59 Å². The zero-order chi connectivity index (χ0) is 20.8. The van der Waals surface area contributed by atoms with E-state index in [2.05, 4.69) is 13.0 Å². The summed E-state index contributed by atoms with van der Waals surface area (Å²) in [4.78, 5) is 30.6. The van der Waals surface area contributed by atoms with E-state index in [1.807, 2.05) is 48.2 Å². The molecule has 3 aliphatic rings. The quantitative estimate of drug-likeness (QED) is 0.733. The normalized spacial score (nSPS) is 21.2. The average Bonchev–Trinajstić information content (AvgIpc) is 3.45. The highest BCUT2D eigenvalue weighted by atomic mass is 16.5. The molecule has 30 heavy (non-hydrogen) atoms. The number of rotatable bonds is 4. The number of hydrogen-bond donors (Lipinski definition) is 0. The van der Waals surface area contributed by atoms with Gasteiger partial charge in [0.05, 0.1) is 18.2 Å². The zero-order valence-electron chi connectivity index (χ0n) is 17.5. The summed E-state index contributed by atoms with van der Waals surface area (Å²) in [5.74, 6) is -0.418. The number of amides is 2. The fraction of sp³-hybridized carbons (Fsp3) is 0.360. The molecule has 5 heteroatoms. The van der Waals surface area contributed by atoms with Crippen molar-refractivity contribution in [1.82, 2.24) is 4.90 Å². The third kappa shape index (κ3) is 3.05. The predicted octanol–water partition coefficient (Wildman–Crippen LogP) is 3.63. The van der Waals surface area contributed by atoms with Crippen LogP contribution in [0.15, 0.2) is 48.2 Å². The summed E-state index contributed by atoms with van der Waals surface area (Å²) in [6.07, 6.45) is 2.67. The third-order valence-corrected chi connectivity index (χ3v) is 6.51. The van der Waals surface area contributed by atoms with Gasteiger partial charge in [-0.15, -0.1) is 0 Å². The fourth-order valence-electron chi connectivity index (χ4n) is 4.70. The monoisotopic (exact) mass is 402 g/mol. The highest BCUT2D eigenvalue weighted by molar-refractivity contribution is 6.36. The van der Waals surface area contributed by atoms with Crippen LogP contribution in [0.25, 0.3) is 5.57 Å². The van der Waals surface area contributed by atoms with E-state index < -0.39 is 0 Å². The van der Waals surface area contributed by atoms with Gasteiger partial charge in [-0.2, -0.15) is 0 Å². The SMILES string of the molecule is Cc1ccc(C2=C(N3CCc4ccccc43)C(=O)N(CC3CCCO3)C2=O)cc1C. The molecule has 0 bridgehead atoms. The molecule has 2 aromatic rings. The molecule has 0 aliphatic carbocycles. The average molecular weight is 402 g/mol. The van der Waals surface area contributed by atoms with Crippen molar-refractivity contribution >= 4 is 23.1 Å². The Morgan fingerprint density at radius 3 is 2.63 bits per heavy atom. The summed E-state index contributed by atoms with van der Waals surface area (Å²) in [7, 11) is 0. The number of fused-ring (bicyclic) bond motifs is 1. The molecular formula is C25H26N2O3. The number of carbonyl (C=O) groups is 2. The molecule has 1 saturated heterocycles. The van der Waals surface area contributed by atoms with Gasteiger partial charge in [-0.05, 0) is 61.4 Å². The molecule has 0 radical (unpaired) electrons. The van der Waals surface area contributed by atoms with Crippen LogP contribution in [0, 0.1) is 13.8 Å². The van der Waals surface area contributed by atoms with E-state index >= 15 is 0 Å². The maximum absolute atomic E-state index is 13.6. The molecule has 5 rings (SSSR count). The Labute approximate surface area is 176 Å². The van der Waals surface area contributed by atoms with Gasteiger partial charge in [0.1, 0.15) is 5.70 Å². The number of nitrogens with zero attached hydrogens (tertiary/aromatic N) is 2. The van der Waals surface area contributed by atoms with E-state index in [0.717, 1.165) is 36.1 Å². The Morgan fingerprint density at radius 2 is 1.87 bits per heavy atom. The molecule has 2 amide bonds. The summed E-state index contributed by atoms with van der Waals surface area (Å²) in [6.45, 7) is 5.82. The van der Waals surface area contributed by atoms with Gasteiger partial charge >= 0.3 is 0 Å². The van der Waals surface area contributed by atoms with Gasteiger partial charge in [0.15, 0.2) is 0 Å². The summed E-state index contributed by atoms with van der Waals surface area (Å²) in [6, 6.07) is 14.1. The Morgan fingerprint density at radius 1 is 1.03 bits per heavy atom. The molecule has 2 aromatic carbocycles. The van der Waals surface area contributed by atoms with Crippen LogP contribution >= 0.6 is 0 Å². The molecule has 1 atom stereocenters. The number of carbonyl (C=O) groups excluding carboxylic acids is 2. The number of benzene rings is 2. The van der Waals surface area contributed by atoms with E-state index in [1.54, 1.807) is 0 Å². The molecule has 0 spiro atoms. The van der Waals surface area contributed by atoms with Crippen LogP contribution in [-0.4, -0.2) is 42.5 Å². The first-order chi connectivity index (χ1) is 14.5. The molecule has 1 unspecified atom stereocenters. The van der Waals surface area contributed by atoms with Gasteiger partial charge in [-0.1, -0.05) is 36.4 Å². The van der Waals surface area contributed by atoms with E-state index in [1.165, 1.54) is 16.0 Å². The smallest absolute Gasteiger partial charge is 0.278 e. The lowest BCUT2D eigenvalue weighted by atomic mass is 9.99. The molecule has 0 N–H and O–H groups in total. The highest BCUT2D eigenvalue weighted by Crippen LogP contribution is 2.39. The van der Waals surface area contributed by atoms with Crippen LogP contribution in [0.4, 0.5) is 5.69 Å². The Kier molecular flexibility index (Phi) is 4.70. The van der Waals surface area contributed by atoms with Gasteiger partial charge in [-0.25, -0.2) is 0 Å². The molecule has 154 valence electrons. The minimum Gasteiger partial charge on any atom is -0.376 e. The molecule has 5 nitrogen and oxygen atoms in total. The lowest BCUT2D eigenvalue weighted by Crippen LogP contribution is -2.39. The first kappa shape index (κ1) is 19.1. The largest absolute Gasteiger partial charge is 0.376 e. The van der Waals surface area contributed by atoms with Crippen molar-refractivity contribution in [3.63, 3.8) is 0 Å². The zero-order valence-corrected chi connectivity index (χ0v) is 17.5. The molecule has 0 saturated carbocycles. The van der Waals surface area contributed by atoms with Crippen LogP contribution in [0.1, 0.15) is 35.1 Å². The Bertz CT molecular complexity index is 1070. The Hall–Kier alpha value is -2.92. The fourth-order valence-corrected chi connectivity index (χ4v) is 4.70. The molecular weight excluding hydrogens is 376 g/mol. The minimum absolute atomic E-state index is 0.0656. The van der Waals surface area contributed by atoms with Gasteiger partial charge in [-0.3, -0.25) is 14.5 Å². The Balaban J connectivity index is 1.61. The van der Waals surface area contributed by atoms with Crippen molar-refractivity contribution in [3.05, 3.63) is 70.4 Å². The van der Waals surface area contributed by atoms with Crippen molar-refractivity contribution < 1.29 is 14.3 Å². The van der Waals surface area contributed by atoms with Gasteiger partial charge in [0.25, 0.3) is 11.8 Å². The van der Waals surface area contributed by atoms with Crippen molar-refractivity contribution in [2.75, 3.05) is 24.6 Å². The van der Waals surface area contributed by atoms with Crippen LogP contribution < -0.4 is 4.90 Å². The predicted molar refractivity (Wildman–Crippen MR) is 116 cm³/mol. The van der Waals surface area contributed by atoms with Gasteiger partial charge < -0.3 is 9.64 Å². The number of anilines is 1. The number of hydrogen-bond acceptors (Lipinski definition) is 4. The number of aryl methyl sites for hydroxylation is 2. The summed E-state index contributed by atoms with van der Waals surface area (Å²) < 4.78 is 5.73. The molecule has 1 fully saturated rings. The number of para-hydroxylation sites is 1.